The zero-order chi connectivity index (χ0) is 16.8. The Hall–Kier alpha value is -1.46. The largest absolute Gasteiger partial charge is 0.387 e. The van der Waals surface area contributed by atoms with E-state index >= 15 is 0 Å². The van der Waals surface area contributed by atoms with Crippen LogP contribution in [0.5, 0.6) is 0 Å². The van der Waals surface area contributed by atoms with Crippen molar-refractivity contribution in [3.05, 3.63) is 64.9 Å². The number of rotatable bonds is 6. The highest BCUT2D eigenvalue weighted by Gasteiger charge is 2.20. The average Bonchev–Trinajstić information content (AvgIpc) is 2.62. The van der Waals surface area contributed by atoms with Crippen LogP contribution in [-0.4, -0.2) is 40.7 Å². The maximum Gasteiger partial charge on any atom is 0.0914 e. The number of hydrogen-bond acceptors (Lipinski definition) is 4. The van der Waals surface area contributed by atoms with Crippen LogP contribution in [0, 0.1) is 0 Å². The molecular formula is C19H24ClN3O. The standard InChI is InChI=1S/C19H24ClN3O/c20-17-5-3-16(4-6-17)19(24)13-22-18-7-10-23(11-8-18)14-15-2-1-9-21-12-15/h1-6,9,12,18-19,22,24H,7-8,10-11,13-14H2. The van der Waals surface area contributed by atoms with Gasteiger partial charge in [0.1, 0.15) is 0 Å². The number of aliphatic hydroxyl groups is 1. The Bertz CT molecular complexity index is 612. The van der Waals surface area contributed by atoms with Crippen LogP contribution < -0.4 is 5.32 Å². The molecule has 24 heavy (non-hydrogen) atoms. The Labute approximate surface area is 148 Å². The van der Waals surface area contributed by atoms with E-state index in [-0.39, 0.29) is 0 Å². The molecule has 1 saturated heterocycles. The first-order valence-electron chi connectivity index (χ1n) is 8.49. The van der Waals surface area contributed by atoms with E-state index in [4.69, 9.17) is 11.6 Å². The quantitative estimate of drug-likeness (QED) is 0.845. The van der Waals surface area contributed by atoms with E-state index < -0.39 is 6.10 Å². The van der Waals surface area contributed by atoms with Crippen LogP contribution in [0.15, 0.2) is 48.8 Å². The lowest BCUT2D eigenvalue weighted by Gasteiger charge is -2.32. The molecule has 1 aliphatic rings. The molecule has 1 aliphatic heterocycles. The number of aliphatic hydroxyl groups excluding tert-OH is 1. The molecule has 3 rings (SSSR count). The number of halogens is 1. The highest BCUT2D eigenvalue weighted by molar-refractivity contribution is 6.30. The second-order valence-electron chi connectivity index (χ2n) is 6.39. The normalized spacial score (nSPS) is 17.8. The van der Waals surface area contributed by atoms with Crippen molar-refractivity contribution in [1.82, 2.24) is 15.2 Å². The van der Waals surface area contributed by atoms with Gasteiger partial charge in [-0.05, 0) is 55.3 Å². The van der Waals surface area contributed by atoms with Crippen molar-refractivity contribution in [2.45, 2.75) is 31.5 Å². The van der Waals surface area contributed by atoms with Crippen LogP contribution in [0.2, 0.25) is 5.02 Å². The van der Waals surface area contributed by atoms with Gasteiger partial charge in [0.25, 0.3) is 0 Å². The molecule has 0 bridgehead atoms. The summed E-state index contributed by atoms with van der Waals surface area (Å²) in [7, 11) is 0. The van der Waals surface area contributed by atoms with Gasteiger partial charge in [0.15, 0.2) is 0 Å². The number of hydrogen-bond donors (Lipinski definition) is 2. The monoisotopic (exact) mass is 345 g/mol. The van der Waals surface area contributed by atoms with E-state index in [1.54, 1.807) is 0 Å². The summed E-state index contributed by atoms with van der Waals surface area (Å²) in [5.41, 5.74) is 2.17. The number of pyridine rings is 1. The molecule has 2 heterocycles. The van der Waals surface area contributed by atoms with E-state index in [1.165, 1.54) is 5.56 Å². The Morgan fingerprint density at radius 2 is 1.96 bits per heavy atom. The van der Waals surface area contributed by atoms with Crippen LogP contribution >= 0.6 is 11.6 Å². The summed E-state index contributed by atoms with van der Waals surface area (Å²) in [4.78, 5) is 6.64. The molecule has 5 heteroatoms. The molecule has 1 unspecified atom stereocenters. The number of likely N-dealkylation sites (tertiary alicyclic amines) is 1. The smallest absolute Gasteiger partial charge is 0.0914 e. The van der Waals surface area contributed by atoms with E-state index in [2.05, 4.69) is 21.3 Å². The zero-order valence-electron chi connectivity index (χ0n) is 13.7. The van der Waals surface area contributed by atoms with Crippen LogP contribution in [0.4, 0.5) is 0 Å². The summed E-state index contributed by atoms with van der Waals surface area (Å²) in [5, 5.41) is 14.5. The second kappa shape index (κ2) is 8.58. The first-order valence-corrected chi connectivity index (χ1v) is 8.86. The third kappa shape index (κ3) is 5.02. The van der Waals surface area contributed by atoms with Crippen molar-refractivity contribution in [1.29, 1.82) is 0 Å². The lowest BCUT2D eigenvalue weighted by atomic mass is 10.0. The highest BCUT2D eigenvalue weighted by Crippen LogP contribution is 2.17. The zero-order valence-corrected chi connectivity index (χ0v) is 14.5. The molecule has 1 atom stereocenters. The molecule has 1 aromatic carbocycles. The topological polar surface area (TPSA) is 48.4 Å². The fraction of sp³-hybridized carbons (Fsp3) is 0.421. The summed E-state index contributed by atoms with van der Waals surface area (Å²) in [6, 6.07) is 12.0. The first kappa shape index (κ1) is 17.4. The lowest BCUT2D eigenvalue weighted by Crippen LogP contribution is -2.43. The number of nitrogens with one attached hydrogen (secondary N) is 1. The van der Waals surface area contributed by atoms with Gasteiger partial charge in [0.2, 0.25) is 0 Å². The van der Waals surface area contributed by atoms with Gasteiger partial charge in [-0.1, -0.05) is 29.8 Å². The number of piperidine rings is 1. The molecule has 1 aromatic heterocycles. The highest BCUT2D eigenvalue weighted by atomic mass is 35.5. The molecule has 128 valence electrons. The van der Waals surface area contributed by atoms with Gasteiger partial charge in [-0.15, -0.1) is 0 Å². The third-order valence-electron chi connectivity index (χ3n) is 4.57. The van der Waals surface area contributed by atoms with Crippen molar-refractivity contribution in [2.24, 2.45) is 0 Å². The summed E-state index contributed by atoms with van der Waals surface area (Å²) in [6.45, 7) is 3.69. The number of aromatic nitrogens is 1. The van der Waals surface area contributed by atoms with Crippen LogP contribution in [0.1, 0.15) is 30.1 Å². The fourth-order valence-corrected chi connectivity index (χ4v) is 3.25. The Morgan fingerprint density at radius 1 is 1.21 bits per heavy atom. The molecule has 2 N–H and O–H groups in total. The van der Waals surface area contributed by atoms with Crippen LogP contribution in [0.3, 0.4) is 0 Å². The van der Waals surface area contributed by atoms with Crippen LogP contribution in [0.25, 0.3) is 0 Å². The minimum atomic E-state index is -0.490. The molecule has 0 radical (unpaired) electrons. The minimum absolute atomic E-state index is 0.470. The molecule has 2 aromatic rings. The fourth-order valence-electron chi connectivity index (χ4n) is 3.13. The van der Waals surface area contributed by atoms with Crippen molar-refractivity contribution in [3.8, 4) is 0 Å². The first-order chi connectivity index (χ1) is 11.7. The SMILES string of the molecule is OC(CNC1CCN(Cc2cccnc2)CC1)c1ccc(Cl)cc1. The van der Waals surface area contributed by atoms with Gasteiger partial charge in [-0.2, -0.15) is 0 Å². The predicted octanol–water partition coefficient (Wildman–Crippen LogP) is 3.02. The van der Waals surface area contributed by atoms with E-state index in [9.17, 15) is 5.11 Å². The summed E-state index contributed by atoms with van der Waals surface area (Å²) in [5.74, 6) is 0. The van der Waals surface area contributed by atoms with Crippen molar-refractivity contribution < 1.29 is 5.11 Å². The second-order valence-corrected chi connectivity index (χ2v) is 6.82. The Kier molecular flexibility index (Phi) is 6.21. The molecule has 1 fully saturated rings. The minimum Gasteiger partial charge on any atom is -0.387 e. The Balaban J connectivity index is 1.40. The van der Waals surface area contributed by atoms with Gasteiger partial charge in [-0.3, -0.25) is 9.88 Å². The van der Waals surface area contributed by atoms with Crippen molar-refractivity contribution in [2.75, 3.05) is 19.6 Å². The molecule has 0 spiro atoms. The maximum atomic E-state index is 10.3. The molecule has 0 amide bonds. The molecule has 0 saturated carbocycles. The summed E-state index contributed by atoms with van der Waals surface area (Å²) < 4.78 is 0. The number of benzene rings is 1. The molecule has 4 nitrogen and oxygen atoms in total. The summed E-state index contributed by atoms with van der Waals surface area (Å²) >= 11 is 5.88. The van der Waals surface area contributed by atoms with Gasteiger partial charge < -0.3 is 10.4 Å². The lowest BCUT2D eigenvalue weighted by molar-refractivity contribution is 0.149. The van der Waals surface area contributed by atoms with Crippen LogP contribution in [-0.2, 0) is 6.54 Å². The van der Waals surface area contributed by atoms with Gasteiger partial charge in [0.05, 0.1) is 6.10 Å². The Morgan fingerprint density at radius 3 is 2.62 bits per heavy atom. The maximum absolute atomic E-state index is 10.3. The third-order valence-corrected chi connectivity index (χ3v) is 4.82. The molecular weight excluding hydrogens is 322 g/mol. The van der Waals surface area contributed by atoms with E-state index in [0.717, 1.165) is 38.0 Å². The predicted molar refractivity (Wildman–Crippen MR) is 97.0 cm³/mol. The van der Waals surface area contributed by atoms with E-state index in [0.29, 0.717) is 17.6 Å². The summed E-state index contributed by atoms with van der Waals surface area (Å²) in [6.07, 6.45) is 5.47. The average molecular weight is 346 g/mol. The van der Waals surface area contributed by atoms with E-state index in [1.807, 2.05) is 42.7 Å². The van der Waals surface area contributed by atoms with Gasteiger partial charge in [-0.25, -0.2) is 0 Å². The van der Waals surface area contributed by atoms with Gasteiger partial charge >= 0.3 is 0 Å². The van der Waals surface area contributed by atoms with Crippen molar-refractivity contribution in [3.63, 3.8) is 0 Å². The number of nitrogens with zero attached hydrogens (tertiary/aromatic N) is 2. The van der Waals surface area contributed by atoms with Gasteiger partial charge in [0, 0.05) is 36.5 Å². The molecule has 0 aliphatic carbocycles. The van der Waals surface area contributed by atoms with Crippen molar-refractivity contribution >= 4 is 11.6 Å².